The predicted molar refractivity (Wildman–Crippen MR) is 102 cm³/mol. The maximum Gasteiger partial charge on any atom is 0.334 e. The van der Waals surface area contributed by atoms with E-state index >= 15 is 0 Å². The minimum atomic E-state index is -1.22. The Balaban J connectivity index is 2.64. The quantitative estimate of drug-likeness (QED) is 0.280. The van der Waals surface area contributed by atoms with Crippen LogP contribution in [0.1, 0.15) is 37.7 Å². The first-order valence-electron chi connectivity index (χ1n) is 8.84. The third kappa shape index (κ3) is 4.89. The molecule has 0 fully saturated rings. The van der Waals surface area contributed by atoms with Crippen molar-refractivity contribution in [2.75, 3.05) is 6.61 Å². The summed E-state index contributed by atoms with van der Waals surface area (Å²) in [5, 5.41) is 32.7. The summed E-state index contributed by atoms with van der Waals surface area (Å²) in [4.78, 5) is 33.2. The molecule has 1 unspecified atom stereocenters. The summed E-state index contributed by atoms with van der Waals surface area (Å²) in [6.45, 7) is 1.92. The molecular weight excluding hydrogens is 378 g/mol. The molecule has 0 amide bonds. The highest BCUT2D eigenvalue weighted by Crippen LogP contribution is 2.40. The first kappa shape index (κ1) is 21.4. The molecule has 0 saturated heterocycles. The Morgan fingerprint density at radius 2 is 2.07 bits per heavy atom. The van der Waals surface area contributed by atoms with Gasteiger partial charge in [0.15, 0.2) is 0 Å². The Kier molecular flexibility index (Phi) is 7.29. The number of aliphatic carboxylic acids is 1. The number of nitrogens with one attached hydrogen (secondary N) is 1. The lowest BCUT2D eigenvalue weighted by Gasteiger charge is -2.32. The molecule has 0 aromatic heterocycles. The Labute approximate surface area is 166 Å². The van der Waals surface area contributed by atoms with Gasteiger partial charge < -0.3 is 15.2 Å². The van der Waals surface area contributed by atoms with E-state index in [4.69, 9.17) is 10.00 Å². The number of nitro benzene ring substituents is 1. The smallest absolute Gasteiger partial charge is 0.334 e. The number of rotatable bonds is 9. The van der Waals surface area contributed by atoms with Gasteiger partial charge in [-0.3, -0.25) is 10.1 Å². The van der Waals surface area contributed by atoms with Crippen molar-refractivity contribution < 1.29 is 24.4 Å². The van der Waals surface area contributed by atoms with Crippen LogP contribution in [0.2, 0.25) is 0 Å². The Hall–Kier alpha value is -3.89. The SMILES string of the molecule is CCC1=C(OCCC#N)C(c2ccc([N+](=O)[O-])cc2)C(C(=O)O)=C(CC=C=O)N1. The fourth-order valence-electron chi connectivity index (χ4n) is 3.09. The zero-order valence-corrected chi connectivity index (χ0v) is 15.7. The van der Waals surface area contributed by atoms with Crippen LogP contribution in [-0.2, 0) is 14.3 Å². The first-order chi connectivity index (χ1) is 13.9. The van der Waals surface area contributed by atoms with Crippen molar-refractivity contribution in [2.24, 2.45) is 0 Å². The van der Waals surface area contributed by atoms with Gasteiger partial charge in [-0.2, -0.15) is 5.26 Å². The molecule has 9 nitrogen and oxygen atoms in total. The van der Waals surface area contributed by atoms with Gasteiger partial charge in [0.05, 0.1) is 34.6 Å². The average molecular weight is 397 g/mol. The van der Waals surface area contributed by atoms with Gasteiger partial charge in [-0.25, -0.2) is 9.59 Å². The summed E-state index contributed by atoms with van der Waals surface area (Å²) in [6.07, 6.45) is 1.80. The monoisotopic (exact) mass is 397 g/mol. The molecule has 0 saturated carbocycles. The van der Waals surface area contributed by atoms with E-state index in [9.17, 15) is 24.8 Å². The van der Waals surface area contributed by atoms with Crippen LogP contribution in [0.3, 0.4) is 0 Å². The third-order valence-electron chi connectivity index (χ3n) is 4.36. The number of allylic oxidation sites excluding steroid dienone is 3. The Morgan fingerprint density at radius 1 is 1.38 bits per heavy atom. The summed E-state index contributed by atoms with van der Waals surface area (Å²) in [5.41, 5.74) is 1.26. The standard InChI is InChI=1S/C20H19N3O6/c1-2-15-19(29-12-4-10-21)17(13-6-8-14(9-7-13)23(27)28)18(20(25)26)16(22-15)5-3-11-24/h3,6-9,17,22H,2,4-5,12H2,1H3,(H,25,26). The fraction of sp³-hybridized carbons (Fsp3) is 0.300. The molecule has 1 aliphatic rings. The fourth-order valence-corrected chi connectivity index (χ4v) is 3.09. The molecule has 150 valence electrons. The largest absolute Gasteiger partial charge is 0.494 e. The number of ether oxygens (including phenoxy) is 1. The van der Waals surface area contributed by atoms with Crippen molar-refractivity contribution in [1.29, 1.82) is 5.26 Å². The molecule has 0 bridgehead atoms. The molecule has 2 rings (SSSR count). The van der Waals surface area contributed by atoms with Gasteiger partial charge in [0.2, 0.25) is 0 Å². The maximum atomic E-state index is 12.1. The number of benzene rings is 1. The lowest BCUT2D eigenvalue weighted by Crippen LogP contribution is -2.31. The van der Waals surface area contributed by atoms with Crippen LogP contribution in [0, 0.1) is 21.4 Å². The number of carboxylic acid groups (broad SMARTS) is 1. The van der Waals surface area contributed by atoms with Gasteiger partial charge in [-0.05, 0) is 12.0 Å². The molecule has 1 aliphatic heterocycles. The molecule has 0 spiro atoms. The number of hydrogen-bond donors (Lipinski definition) is 2. The van der Waals surface area contributed by atoms with Crippen LogP contribution in [0.15, 0.2) is 53.1 Å². The highest BCUT2D eigenvalue weighted by atomic mass is 16.6. The second-order valence-electron chi connectivity index (χ2n) is 6.08. The van der Waals surface area contributed by atoms with Gasteiger partial charge in [0.1, 0.15) is 18.3 Å². The normalized spacial score (nSPS) is 15.8. The summed E-state index contributed by atoms with van der Waals surface area (Å²) in [6, 6.07) is 7.50. The molecule has 1 atom stereocenters. The van der Waals surface area contributed by atoms with Crippen molar-refractivity contribution in [1.82, 2.24) is 5.32 Å². The summed E-state index contributed by atoms with van der Waals surface area (Å²) >= 11 is 0. The minimum absolute atomic E-state index is 0.0313. The van der Waals surface area contributed by atoms with E-state index in [1.807, 2.05) is 13.0 Å². The van der Waals surface area contributed by atoms with Gasteiger partial charge in [0.25, 0.3) is 5.69 Å². The van der Waals surface area contributed by atoms with Crippen LogP contribution in [0.5, 0.6) is 0 Å². The van der Waals surface area contributed by atoms with Gasteiger partial charge in [-0.1, -0.05) is 19.1 Å². The number of carbonyl (C=O) groups excluding carboxylic acids is 1. The highest BCUT2D eigenvalue weighted by Gasteiger charge is 2.36. The van der Waals surface area contributed by atoms with Crippen molar-refractivity contribution >= 4 is 17.6 Å². The van der Waals surface area contributed by atoms with Crippen molar-refractivity contribution in [3.05, 3.63) is 68.7 Å². The van der Waals surface area contributed by atoms with E-state index in [0.717, 1.165) is 0 Å². The molecule has 1 aromatic rings. The van der Waals surface area contributed by atoms with Crippen LogP contribution in [0.25, 0.3) is 0 Å². The van der Waals surface area contributed by atoms with E-state index < -0.39 is 16.8 Å². The molecule has 1 heterocycles. The zero-order chi connectivity index (χ0) is 21.4. The van der Waals surface area contributed by atoms with E-state index in [1.54, 1.807) is 5.94 Å². The zero-order valence-electron chi connectivity index (χ0n) is 15.7. The number of non-ortho nitro benzene ring substituents is 1. The number of nitriles is 1. The van der Waals surface area contributed by atoms with Gasteiger partial charge in [-0.15, -0.1) is 0 Å². The minimum Gasteiger partial charge on any atom is -0.494 e. The van der Waals surface area contributed by atoms with E-state index in [2.05, 4.69) is 5.32 Å². The van der Waals surface area contributed by atoms with Crippen molar-refractivity contribution in [2.45, 2.75) is 32.1 Å². The highest BCUT2D eigenvalue weighted by molar-refractivity contribution is 5.91. The molecule has 2 N–H and O–H groups in total. The van der Waals surface area contributed by atoms with Crippen LogP contribution < -0.4 is 5.32 Å². The summed E-state index contributed by atoms with van der Waals surface area (Å²) in [7, 11) is 0. The summed E-state index contributed by atoms with van der Waals surface area (Å²) < 4.78 is 5.78. The lowest BCUT2D eigenvalue weighted by molar-refractivity contribution is -0.384. The van der Waals surface area contributed by atoms with E-state index in [-0.39, 0.29) is 30.7 Å². The van der Waals surface area contributed by atoms with E-state index in [0.29, 0.717) is 29.1 Å². The second-order valence-corrected chi connectivity index (χ2v) is 6.08. The van der Waals surface area contributed by atoms with Gasteiger partial charge in [0, 0.05) is 30.3 Å². The number of nitro groups is 1. The predicted octanol–water partition coefficient (Wildman–Crippen LogP) is 2.95. The number of carbonyl (C=O) groups is 1. The lowest BCUT2D eigenvalue weighted by atomic mass is 9.83. The molecule has 29 heavy (non-hydrogen) atoms. The molecule has 1 aromatic carbocycles. The number of hydrogen-bond acceptors (Lipinski definition) is 7. The average Bonchev–Trinajstić information content (AvgIpc) is 2.71. The third-order valence-corrected chi connectivity index (χ3v) is 4.36. The Morgan fingerprint density at radius 3 is 2.59 bits per heavy atom. The van der Waals surface area contributed by atoms with Crippen LogP contribution in [-0.4, -0.2) is 28.5 Å². The van der Waals surface area contributed by atoms with Crippen LogP contribution in [0.4, 0.5) is 5.69 Å². The van der Waals surface area contributed by atoms with Crippen molar-refractivity contribution in [3.8, 4) is 6.07 Å². The van der Waals surface area contributed by atoms with Crippen LogP contribution >= 0.6 is 0 Å². The molecular formula is C20H19N3O6. The number of carboxylic acids is 1. The van der Waals surface area contributed by atoms with E-state index in [1.165, 1.54) is 30.3 Å². The molecule has 9 heteroatoms. The first-order valence-corrected chi connectivity index (χ1v) is 8.84. The van der Waals surface area contributed by atoms with Gasteiger partial charge >= 0.3 is 5.97 Å². The Bertz CT molecular complexity index is 949. The maximum absolute atomic E-state index is 12.1. The second kappa shape index (κ2) is 9.88. The number of nitrogens with zero attached hydrogens (tertiary/aromatic N) is 2. The van der Waals surface area contributed by atoms with Crippen molar-refractivity contribution in [3.63, 3.8) is 0 Å². The molecule has 0 radical (unpaired) electrons. The topological polar surface area (TPSA) is 143 Å². The number of dihydropyridines is 1. The molecule has 0 aliphatic carbocycles. The summed E-state index contributed by atoms with van der Waals surface area (Å²) in [5.74, 6) is -0.0897.